The van der Waals surface area contributed by atoms with Crippen molar-refractivity contribution in [1.29, 1.82) is 0 Å². The molecule has 25 heavy (non-hydrogen) atoms. The molecule has 0 unspecified atom stereocenters. The standard InChI is InChI=1S/C19H22N4O2/c24-18(7-12-23-15-20-14-21-23)22-11-3-8-19(10-13-22)9-6-16-4-1-2-5-17(16)25-19/h1-2,4-6,9,14-15H,3,7-8,10-13H2/t19-/m0/s1. The lowest BCUT2D eigenvalue weighted by atomic mass is 9.91. The van der Waals surface area contributed by atoms with Gasteiger partial charge in [0.05, 0.1) is 6.54 Å². The maximum atomic E-state index is 12.5. The zero-order valence-electron chi connectivity index (χ0n) is 14.2. The first-order chi connectivity index (χ1) is 12.2. The molecule has 1 aromatic heterocycles. The highest BCUT2D eigenvalue weighted by Crippen LogP contribution is 2.36. The minimum Gasteiger partial charge on any atom is -0.483 e. The van der Waals surface area contributed by atoms with E-state index in [-0.39, 0.29) is 11.5 Å². The van der Waals surface area contributed by atoms with Crippen molar-refractivity contribution in [3.05, 3.63) is 48.6 Å². The van der Waals surface area contributed by atoms with E-state index in [0.29, 0.717) is 13.0 Å². The second kappa shape index (κ2) is 6.70. The molecule has 2 aromatic rings. The van der Waals surface area contributed by atoms with Gasteiger partial charge in [0, 0.05) is 31.5 Å². The SMILES string of the molecule is O=C(CCn1cncn1)N1CCC[C@]2(C=Cc3ccccc3O2)CC1. The third-order valence-corrected chi connectivity index (χ3v) is 5.01. The van der Waals surface area contributed by atoms with Gasteiger partial charge in [-0.15, -0.1) is 0 Å². The Hall–Kier alpha value is -2.63. The largest absolute Gasteiger partial charge is 0.483 e. The third-order valence-electron chi connectivity index (χ3n) is 5.01. The van der Waals surface area contributed by atoms with Gasteiger partial charge in [0.1, 0.15) is 24.0 Å². The minimum atomic E-state index is -0.282. The van der Waals surface area contributed by atoms with Gasteiger partial charge in [-0.1, -0.05) is 24.3 Å². The second-order valence-corrected chi connectivity index (χ2v) is 6.68. The topological polar surface area (TPSA) is 60.2 Å². The van der Waals surface area contributed by atoms with Gasteiger partial charge >= 0.3 is 0 Å². The number of benzene rings is 1. The summed E-state index contributed by atoms with van der Waals surface area (Å²) in [6, 6.07) is 8.11. The summed E-state index contributed by atoms with van der Waals surface area (Å²) in [6.45, 7) is 2.09. The van der Waals surface area contributed by atoms with E-state index in [1.54, 1.807) is 11.0 Å². The van der Waals surface area contributed by atoms with Crippen LogP contribution >= 0.6 is 0 Å². The van der Waals surface area contributed by atoms with Crippen molar-refractivity contribution in [2.75, 3.05) is 13.1 Å². The van der Waals surface area contributed by atoms with Crippen molar-refractivity contribution in [1.82, 2.24) is 19.7 Å². The van der Waals surface area contributed by atoms with Crippen molar-refractivity contribution >= 4 is 12.0 Å². The predicted molar refractivity (Wildman–Crippen MR) is 93.9 cm³/mol. The Bertz CT molecular complexity index is 771. The Morgan fingerprint density at radius 1 is 1.24 bits per heavy atom. The fourth-order valence-electron chi connectivity index (χ4n) is 3.57. The van der Waals surface area contributed by atoms with E-state index in [0.717, 1.165) is 43.7 Å². The van der Waals surface area contributed by atoms with Crippen LogP contribution in [0.5, 0.6) is 5.75 Å². The molecule has 0 saturated carbocycles. The van der Waals surface area contributed by atoms with E-state index in [4.69, 9.17) is 4.74 Å². The third kappa shape index (κ3) is 3.43. The maximum Gasteiger partial charge on any atom is 0.224 e. The Labute approximate surface area is 147 Å². The number of aryl methyl sites for hydroxylation is 1. The van der Waals surface area contributed by atoms with Gasteiger partial charge in [-0.3, -0.25) is 9.48 Å². The molecule has 2 aliphatic rings. The van der Waals surface area contributed by atoms with Gasteiger partial charge in [0.15, 0.2) is 0 Å². The fourth-order valence-corrected chi connectivity index (χ4v) is 3.57. The molecule has 3 heterocycles. The van der Waals surface area contributed by atoms with E-state index < -0.39 is 0 Å². The van der Waals surface area contributed by atoms with Crippen molar-refractivity contribution in [3.8, 4) is 5.75 Å². The van der Waals surface area contributed by atoms with Crippen LogP contribution in [0.15, 0.2) is 43.0 Å². The summed E-state index contributed by atoms with van der Waals surface area (Å²) in [5.74, 6) is 1.11. The van der Waals surface area contributed by atoms with Crippen molar-refractivity contribution in [2.45, 2.75) is 37.8 Å². The number of nitrogens with zero attached hydrogens (tertiary/aromatic N) is 4. The lowest BCUT2D eigenvalue weighted by molar-refractivity contribution is -0.131. The first-order valence-electron chi connectivity index (χ1n) is 8.82. The highest BCUT2D eigenvalue weighted by molar-refractivity contribution is 5.76. The van der Waals surface area contributed by atoms with Crippen LogP contribution in [0.4, 0.5) is 0 Å². The summed E-state index contributed by atoms with van der Waals surface area (Å²) >= 11 is 0. The summed E-state index contributed by atoms with van der Waals surface area (Å²) in [6.07, 6.45) is 10.6. The van der Waals surface area contributed by atoms with Gasteiger partial charge in [-0.25, -0.2) is 4.98 Å². The average molecular weight is 338 g/mol. The molecule has 1 atom stereocenters. The Morgan fingerprint density at radius 2 is 2.16 bits per heavy atom. The minimum absolute atomic E-state index is 0.174. The first-order valence-corrected chi connectivity index (χ1v) is 8.82. The number of fused-ring (bicyclic) bond motifs is 1. The number of aromatic nitrogens is 3. The molecule has 0 N–H and O–H groups in total. The molecule has 2 aliphatic heterocycles. The molecule has 1 spiro atoms. The summed E-state index contributed by atoms with van der Waals surface area (Å²) in [5, 5.41) is 4.05. The number of hydrogen-bond donors (Lipinski definition) is 0. The Morgan fingerprint density at radius 3 is 3.04 bits per heavy atom. The number of carbonyl (C=O) groups excluding carboxylic acids is 1. The Balaban J connectivity index is 1.38. The average Bonchev–Trinajstić information content (AvgIpc) is 3.08. The molecule has 1 saturated heterocycles. The van der Waals surface area contributed by atoms with Crippen LogP contribution in [0.2, 0.25) is 0 Å². The van der Waals surface area contributed by atoms with Crippen LogP contribution in [-0.2, 0) is 11.3 Å². The quantitative estimate of drug-likeness (QED) is 0.863. The molecule has 0 radical (unpaired) electrons. The zero-order valence-corrected chi connectivity index (χ0v) is 14.2. The number of ether oxygens (including phenoxy) is 1. The predicted octanol–water partition coefficient (Wildman–Crippen LogP) is 2.53. The van der Waals surface area contributed by atoms with E-state index in [2.05, 4.69) is 28.3 Å². The number of likely N-dealkylation sites (tertiary alicyclic amines) is 1. The molecule has 0 aliphatic carbocycles. The van der Waals surface area contributed by atoms with Crippen LogP contribution in [0.1, 0.15) is 31.2 Å². The normalized spacial score (nSPS) is 22.3. The van der Waals surface area contributed by atoms with E-state index >= 15 is 0 Å². The van der Waals surface area contributed by atoms with Crippen LogP contribution in [-0.4, -0.2) is 44.3 Å². The molecule has 1 aromatic carbocycles. The zero-order chi connectivity index (χ0) is 17.1. The number of para-hydroxylation sites is 1. The summed E-state index contributed by atoms with van der Waals surface area (Å²) in [5.41, 5.74) is 0.841. The fraction of sp³-hybridized carbons (Fsp3) is 0.421. The smallest absolute Gasteiger partial charge is 0.224 e. The van der Waals surface area contributed by atoms with Crippen molar-refractivity contribution in [3.63, 3.8) is 0 Å². The molecule has 1 fully saturated rings. The molecule has 4 rings (SSSR count). The van der Waals surface area contributed by atoms with Crippen LogP contribution in [0.3, 0.4) is 0 Å². The van der Waals surface area contributed by atoms with Crippen LogP contribution in [0, 0.1) is 0 Å². The van der Waals surface area contributed by atoms with Crippen molar-refractivity contribution < 1.29 is 9.53 Å². The van der Waals surface area contributed by atoms with E-state index in [1.165, 1.54) is 6.33 Å². The first kappa shape index (κ1) is 15.9. The lowest BCUT2D eigenvalue weighted by Crippen LogP contribution is -2.38. The summed E-state index contributed by atoms with van der Waals surface area (Å²) < 4.78 is 8.04. The van der Waals surface area contributed by atoms with Crippen molar-refractivity contribution in [2.24, 2.45) is 0 Å². The molecular formula is C19H22N4O2. The van der Waals surface area contributed by atoms with Crippen LogP contribution in [0.25, 0.3) is 6.08 Å². The number of hydrogen-bond acceptors (Lipinski definition) is 4. The molecule has 6 nitrogen and oxygen atoms in total. The highest BCUT2D eigenvalue weighted by atomic mass is 16.5. The summed E-state index contributed by atoms with van der Waals surface area (Å²) in [4.78, 5) is 18.4. The Kier molecular flexibility index (Phi) is 4.26. The lowest BCUT2D eigenvalue weighted by Gasteiger charge is -2.34. The second-order valence-electron chi connectivity index (χ2n) is 6.68. The van der Waals surface area contributed by atoms with Gasteiger partial charge < -0.3 is 9.64 Å². The molecule has 6 heteroatoms. The summed E-state index contributed by atoms with van der Waals surface area (Å²) in [7, 11) is 0. The molecule has 130 valence electrons. The number of amides is 1. The van der Waals surface area contributed by atoms with Gasteiger partial charge in [0.25, 0.3) is 0 Å². The van der Waals surface area contributed by atoms with Crippen LogP contribution < -0.4 is 4.74 Å². The maximum absolute atomic E-state index is 12.5. The molecule has 1 amide bonds. The monoisotopic (exact) mass is 338 g/mol. The number of carbonyl (C=O) groups is 1. The number of rotatable bonds is 3. The van der Waals surface area contributed by atoms with E-state index in [1.807, 2.05) is 23.1 Å². The molecule has 0 bridgehead atoms. The van der Waals surface area contributed by atoms with Gasteiger partial charge in [0.2, 0.25) is 5.91 Å². The van der Waals surface area contributed by atoms with E-state index in [9.17, 15) is 4.79 Å². The van der Waals surface area contributed by atoms with Gasteiger partial charge in [-0.2, -0.15) is 5.10 Å². The molecular weight excluding hydrogens is 316 g/mol. The van der Waals surface area contributed by atoms with Gasteiger partial charge in [-0.05, 0) is 25.0 Å². The highest BCUT2D eigenvalue weighted by Gasteiger charge is 2.35.